The Bertz CT molecular complexity index is 3840. The van der Waals surface area contributed by atoms with Crippen molar-refractivity contribution in [1.82, 2.24) is 29.4 Å². The first-order valence-corrected chi connectivity index (χ1v) is 25.7. The number of aryl methyl sites for hydroxylation is 2. The molecule has 0 aliphatic rings. The summed E-state index contributed by atoms with van der Waals surface area (Å²) in [7, 11) is 4.66. The Hall–Kier alpha value is -7.59. The van der Waals surface area contributed by atoms with Gasteiger partial charge in [0.05, 0.1) is 90.5 Å². The molecule has 0 atom stereocenters. The molecule has 0 unspecified atom stereocenters. The number of imidazole rings is 2. The SMILES string of the molecule is COCc1c(C)nc2sc3cc(Oc4ccccc4CNC(=O)N(c4ccc(OC)c(Cl)c4)N(C(=O)NCc4ccccc4Oc4ccc5c(c4)sc4nc(C)c(COC)n45)c4ccc(Cl)c(C(F)(F)F)c4)ccc3n12. The number of fused-ring (bicyclic) bond motifs is 6. The summed E-state index contributed by atoms with van der Waals surface area (Å²) in [5, 5.41) is 6.73. The monoisotopic (exact) mass is 1110 g/mol. The lowest BCUT2D eigenvalue weighted by Crippen LogP contribution is -2.57. The number of nitrogens with zero attached hydrogens (tertiary/aromatic N) is 6. The summed E-state index contributed by atoms with van der Waals surface area (Å²) in [4.78, 5) is 40.9. The van der Waals surface area contributed by atoms with Crippen LogP contribution in [0.2, 0.25) is 10.0 Å². The van der Waals surface area contributed by atoms with E-state index in [-0.39, 0.29) is 35.2 Å². The average Bonchev–Trinajstić information content (AvgIpc) is 4.13. The highest BCUT2D eigenvalue weighted by atomic mass is 35.5. The molecule has 0 saturated carbocycles. The van der Waals surface area contributed by atoms with Crippen molar-refractivity contribution in [3.63, 3.8) is 0 Å². The molecular weight excluding hydrogens is 1060 g/mol. The fourth-order valence-corrected chi connectivity index (χ4v) is 11.4. The molecule has 2 N–H and O–H groups in total. The van der Waals surface area contributed by atoms with E-state index in [1.54, 1.807) is 62.8 Å². The number of amides is 4. The number of carbonyl (C=O) groups excluding carboxylic acids is 2. The summed E-state index contributed by atoms with van der Waals surface area (Å²) < 4.78 is 78.8. The van der Waals surface area contributed by atoms with Crippen molar-refractivity contribution in [2.24, 2.45) is 0 Å². The molecule has 0 radical (unpaired) electrons. The van der Waals surface area contributed by atoms with Crippen molar-refractivity contribution in [3.05, 3.63) is 171 Å². The third kappa shape index (κ3) is 10.3. The Morgan fingerprint density at radius 3 is 1.54 bits per heavy atom. The smallest absolute Gasteiger partial charge is 0.417 e. The second-order valence-electron chi connectivity index (χ2n) is 17.2. The summed E-state index contributed by atoms with van der Waals surface area (Å²) >= 11 is 15.8. The molecule has 10 rings (SSSR count). The van der Waals surface area contributed by atoms with E-state index < -0.39 is 28.8 Å². The van der Waals surface area contributed by atoms with Crippen LogP contribution in [0.4, 0.5) is 34.1 Å². The molecule has 0 fully saturated rings. The van der Waals surface area contributed by atoms with Gasteiger partial charge in [-0.15, -0.1) is 0 Å². The normalized spacial score (nSPS) is 11.7. The number of methoxy groups -OCH3 is 3. The van der Waals surface area contributed by atoms with Crippen LogP contribution < -0.4 is 34.9 Å². The number of hydrogen-bond donors (Lipinski definition) is 2. The Morgan fingerprint density at radius 1 is 0.605 bits per heavy atom. The Morgan fingerprint density at radius 2 is 1.08 bits per heavy atom. The van der Waals surface area contributed by atoms with Crippen LogP contribution in [0.25, 0.3) is 30.4 Å². The molecule has 76 heavy (non-hydrogen) atoms. The third-order valence-corrected chi connectivity index (χ3v) is 15.0. The molecule has 15 nitrogen and oxygen atoms in total. The predicted molar refractivity (Wildman–Crippen MR) is 289 cm³/mol. The van der Waals surface area contributed by atoms with Crippen molar-refractivity contribution >= 4 is 99.7 Å². The fraction of sp³-hybridized carbons (Fsp3) is 0.185. The minimum atomic E-state index is -4.95. The molecule has 390 valence electrons. The quantitative estimate of drug-likeness (QED) is 0.0958. The van der Waals surface area contributed by atoms with Crippen LogP contribution in [0.3, 0.4) is 0 Å². The van der Waals surface area contributed by atoms with Crippen molar-refractivity contribution in [2.45, 2.75) is 46.3 Å². The summed E-state index contributed by atoms with van der Waals surface area (Å²) in [6.07, 6.45) is -4.95. The summed E-state index contributed by atoms with van der Waals surface area (Å²) in [5.74, 6) is 2.03. The van der Waals surface area contributed by atoms with Crippen LogP contribution in [0.5, 0.6) is 28.7 Å². The average molecular weight is 1110 g/mol. The molecule has 10 aromatic rings. The van der Waals surface area contributed by atoms with E-state index in [2.05, 4.69) is 19.4 Å². The lowest BCUT2D eigenvalue weighted by atomic mass is 10.2. The van der Waals surface area contributed by atoms with Gasteiger partial charge in [-0.3, -0.25) is 8.80 Å². The van der Waals surface area contributed by atoms with Gasteiger partial charge in [0.1, 0.15) is 28.7 Å². The van der Waals surface area contributed by atoms with Crippen LogP contribution in [-0.2, 0) is 42.0 Å². The van der Waals surface area contributed by atoms with Gasteiger partial charge in [0.2, 0.25) is 0 Å². The van der Waals surface area contributed by atoms with Gasteiger partial charge in [0.15, 0.2) is 9.92 Å². The summed E-state index contributed by atoms with van der Waals surface area (Å²) in [5.41, 5.74) is 4.90. The van der Waals surface area contributed by atoms with Gasteiger partial charge in [0.25, 0.3) is 0 Å². The molecule has 22 heteroatoms. The maximum absolute atomic E-state index is 14.9. The molecule has 0 saturated heterocycles. The van der Waals surface area contributed by atoms with Crippen LogP contribution in [0.1, 0.15) is 39.5 Å². The number of ether oxygens (including phenoxy) is 5. The second kappa shape index (κ2) is 21.6. The standard InChI is InChI=1S/C54H45Cl2F3N8O7S2/c1-30-43(28-70-3)64-41-19-16-36(24-48(41)75-52(64)62-30)73-45-12-8-6-10-32(45)26-60-50(68)66(34-14-18-39(55)38(22-34)54(57,58)59)67(35-15-21-47(72-5)40(56)23-35)51(69)61-27-33-11-7-9-13-46(33)74-37-17-20-42-49(25-37)76-53-63-31(2)44(29-71-4)65(42)53/h6-25H,26-29H2,1-5H3,(H,60,68)(H,61,69). The van der Waals surface area contributed by atoms with Crippen molar-refractivity contribution in [2.75, 3.05) is 31.3 Å². The number of anilines is 2. The fourth-order valence-electron chi connectivity index (χ4n) is 8.70. The van der Waals surface area contributed by atoms with Gasteiger partial charge in [-0.05, 0) is 86.6 Å². The van der Waals surface area contributed by atoms with Crippen LogP contribution >= 0.6 is 45.9 Å². The number of para-hydroxylation sites is 2. The van der Waals surface area contributed by atoms with Gasteiger partial charge in [-0.2, -0.15) is 23.2 Å². The number of thiazole rings is 2. The minimum absolute atomic E-state index is 0.0180. The number of hydrazine groups is 1. The highest BCUT2D eigenvalue weighted by molar-refractivity contribution is 7.24. The Balaban J connectivity index is 0.956. The van der Waals surface area contributed by atoms with E-state index in [1.807, 2.05) is 50.2 Å². The van der Waals surface area contributed by atoms with Crippen molar-refractivity contribution in [3.8, 4) is 28.7 Å². The van der Waals surface area contributed by atoms with Gasteiger partial charge in [-0.1, -0.05) is 82.3 Å². The van der Waals surface area contributed by atoms with Crippen LogP contribution in [-0.4, -0.2) is 52.2 Å². The molecule has 0 aliphatic heterocycles. The number of urea groups is 2. The number of rotatable bonds is 15. The Kier molecular flexibility index (Phi) is 14.7. The van der Waals surface area contributed by atoms with E-state index in [0.717, 1.165) is 69.2 Å². The first kappa shape index (κ1) is 51.9. The van der Waals surface area contributed by atoms with Gasteiger partial charge < -0.3 is 34.3 Å². The first-order chi connectivity index (χ1) is 36.6. The second-order valence-corrected chi connectivity index (χ2v) is 20.0. The van der Waals surface area contributed by atoms with Crippen LogP contribution in [0.15, 0.2) is 121 Å². The molecule has 0 bridgehead atoms. The lowest BCUT2D eigenvalue weighted by molar-refractivity contribution is -0.137. The molecule has 4 aromatic heterocycles. The first-order valence-electron chi connectivity index (χ1n) is 23.3. The van der Waals surface area contributed by atoms with E-state index in [1.165, 1.54) is 54.0 Å². The number of carbonyl (C=O) groups is 2. The third-order valence-electron chi connectivity index (χ3n) is 12.3. The molecule has 0 aliphatic carbocycles. The maximum atomic E-state index is 14.9. The lowest BCUT2D eigenvalue weighted by Gasteiger charge is -2.35. The van der Waals surface area contributed by atoms with Crippen LogP contribution in [0, 0.1) is 13.8 Å². The predicted octanol–water partition coefficient (Wildman–Crippen LogP) is 14.3. The van der Waals surface area contributed by atoms with Crippen molar-refractivity contribution in [1.29, 1.82) is 0 Å². The molecule has 6 aromatic carbocycles. The van der Waals surface area contributed by atoms with Gasteiger partial charge in [-0.25, -0.2) is 19.6 Å². The summed E-state index contributed by atoms with van der Waals surface area (Å²) in [6, 6.07) is 30.5. The highest BCUT2D eigenvalue weighted by Gasteiger charge is 2.37. The largest absolute Gasteiger partial charge is 0.495 e. The number of benzene rings is 6. The number of nitrogens with one attached hydrogen (secondary N) is 2. The van der Waals surface area contributed by atoms with E-state index in [9.17, 15) is 22.8 Å². The maximum Gasteiger partial charge on any atom is 0.417 e. The zero-order chi connectivity index (χ0) is 53.4. The zero-order valence-electron chi connectivity index (χ0n) is 41.1. The number of halogens is 5. The minimum Gasteiger partial charge on any atom is -0.495 e. The Labute approximate surface area is 450 Å². The molecule has 4 heterocycles. The number of aromatic nitrogens is 4. The zero-order valence-corrected chi connectivity index (χ0v) is 44.3. The topological polar surface area (TPSA) is 145 Å². The van der Waals surface area contributed by atoms with Gasteiger partial charge >= 0.3 is 18.2 Å². The van der Waals surface area contributed by atoms with Crippen molar-refractivity contribution < 1.29 is 46.4 Å². The molecule has 4 amide bonds. The summed E-state index contributed by atoms with van der Waals surface area (Å²) in [6.45, 7) is 4.28. The van der Waals surface area contributed by atoms with Gasteiger partial charge in [0, 0.05) is 50.6 Å². The highest BCUT2D eigenvalue weighted by Crippen LogP contribution is 2.40. The van der Waals surface area contributed by atoms with E-state index >= 15 is 0 Å². The van der Waals surface area contributed by atoms with E-state index in [4.69, 9.17) is 56.9 Å². The molecule has 0 spiro atoms. The number of hydrogen-bond acceptors (Lipinski definition) is 11. The molecular formula is C54H45Cl2F3N8O7S2. The van der Waals surface area contributed by atoms with E-state index in [0.29, 0.717) is 53.4 Å². The number of alkyl halides is 3.